The van der Waals surface area contributed by atoms with Gasteiger partial charge in [-0.05, 0) is 24.3 Å². The Balaban J connectivity index is 2.40. The Morgan fingerprint density at radius 2 is 2.08 bits per heavy atom. The summed E-state index contributed by atoms with van der Waals surface area (Å²) >= 11 is 5.73. The molecule has 0 saturated carbocycles. The number of nitrogens with zero attached hydrogens (tertiary/aromatic N) is 3. The fraction of sp³-hybridized carbons (Fsp3) is 0.235. The smallest absolute Gasteiger partial charge is 0.242 e. The van der Waals surface area contributed by atoms with Crippen molar-refractivity contribution in [1.29, 1.82) is 5.26 Å². The molecule has 0 unspecified atom stereocenters. The molecule has 0 aliphatic rings. The highest BCUT2D eigenvalue weighted by atomic mass is 35.5. The highest BCUT2D eigenvalue weighted by Gasteiger charge is 2.18. The largest absolute Gasteiger partial charge is 0.497 e. The van der Waals surface area contributed by atoms with Crippen LogP contribution in [-0.2, 0) is 11.3 Å². The number of carbonyl (C=O) groups is 1. The summed E-state index contributed by atoms with van der Waals surface area (Å²) in [4.78, 5) is 17.7. The van der Waals surface area contributed by atoms with Gasteiger partial charge in [0.05, 0.1) is 20.8 Å². The van der Waals surface area contributed by atoms with Crippen molar-refractivity contribution >= 4 is 23.2 Å². The summed E-state index contributed by atoms with van der Waals surface area (Å²) in [6.45, 7) is 0.244. The van der Waals surface area contributed by atoms with E-state index in [9.17, 15) is 4.79 Å². The summed E-state index contributed by atoms with van der Waals surface area (Å²) in [7, 11) is 3.12. The summed E-state index contributed by atoms with van der Waals surface area (Å²) in [5.41, 5.74) is 1.55. The van der Waals surface area contributed by atoms with Gasteiger partial charge in [0.2, 0.25) is 5.91 Å². The summed E-state index contributed by atoms with van der Waals surface area (Å²) in [5.74, 6) is 0.783. The van der Waals surface area contributed by atoms with E-state index in [0.717, 1.165) is 5.56 Å². The zero-order chi connectivity index (χ0) is 17.5. The van der Waals surface area contributed by atoms with Crippen LogP contribution in [0.5, 0.6) is 11.5 Å². The fourth-order valence-corrected chi connectivity index (χ4v) is 2.34. The predicted octanol–water partition coefficient (Wildman–Crippen LogP) is 2.74. The van der Waals surface area contributed by atoms with Gasteiger partial charge in [-0.3, -0.25) is 4.79 Å². The second-order valence-electron chi connectivity index (χ2n) is 4.80. The van der Waals surface area contributed by atoms with Crippen molar-refractivity contribution in [2.45, 2.75) is 6.54 Å². The van der Waals surface area contributed by atoms with Crippen molar-refractivity contribution in [3.63, 3.8) is 0 Å². The standard InChI is InChI=1S/C17H16ClN3O3/c1-23-15-4-3-12(16(8-15)24-2)11-21(17(22)9-18)14-5-6-20-13(7-14)10-19/h3-8H,9,11H2,1-2H3. The first-order valence-corrected chi connectivity index (χ1v) is 7.59. The van der Waals surface area contributed by atoms with E-state index in [1.54, 1.807) is 38.5 Å². The van der Waals surface area contributed by atoms with Gasteiger partial charge in [-0.2, -0.15) is 5.26 Å². The quantitative estimate of drug-likeness (QED) is 0.752. The van der Waals surface area contributed by atoms with Crippen molar-refractivity contribution < 1.29 is 14.3 Å². The van der Waals surface area contributed by atoms with Crippen LogP contribution in [0.4, 0.5) is 5.69 Å². The number of pyridine rings is 1. The molecule has 124 valence electrons. The molecule has 0 N–H and O–H groups in total. The molecule has 1 amide bonds. The Hall–Kier alpha value is -2.78. The number of rotatable bonds is 6. The Bertz CT molecular complexity index is 774. The molecule has 24 heavy (non-hydrogen) atoms. The number of carbonyl (C=O) groups excluding carboxylic acids is 1. The highest BCUT2D eigenvalue weighted by Crippen LogP contribution is 2.27. The molecule has 0 spiro atoms. The van der Waals surface area contributed by atoms with Crippen molar-refractivity contribution in [3.8, 4) is 17.6 Å². The molecule has 0 atom stereocenters. The maximum Gasteiger partial charge on any atom is 0.242 e. The third kappa shape index (κ3) is 3.94. The number of benzene rings is 1. The normalized spacial score (nSPS) is 9.92. The van der Waals surface area contributed by atoms with E-state index in [2.05, 4.69) is 4.98 Å². The van der Waals surface area contributed by atoms with Gasteiger partial charge in [0.15, 0.2) is 0 Å². The van der Waals surface area contributed by atoms with Crippen LogP contribution in [0.1, 0.15) is 11.3 Å². The summed E-state index contributed by atoms with van der Waals surface area (Å²) in [6.07, 6.45) is 1.48. The number of aromatic nitrogens is 1. The first kappa shape index (κ1) is 17.6. The molecule has 1 heterocycles. The van der Waals surface area contributed by atoms with Crippen molar-refractivity contribution in [1.82, 2.24) is 4.98 Å². The Morgan fingerprint density at radius 3 is 2.71 bits per heavy atom. The van der Waals surface area contributed by atoms with Crippen LogP contribution in [0.3, 0.4) is 0 Å². The fourth-order valence-electron chi connectivity index (χ4n) is 2.20. The number of ether oxygens (including phenoxy) is 2. The van der Waals surface area contributed by atoms with Gasteiger partial charge >= 0.3 is 0 Å². The van der Waals surface area contributed by atoms with Gasteiger partial charge in [-0.15, -0.1) is 11.6 Å². The zero-order valence-corrected chi connectivity index (χ0v) is 14.1. The predicted molar refractivity (Wildman–Crippen MR) is 90.4 cm³/mol. The molecular weight excluding hydrogens is 330 g/mol. The number of hydrogen-bond donors (Lipinski definition) is 0. The average Bonchev–Trinajstić information content (AvgIpc) is 2.65. The molecule has 6 nitrogen and oxygen atoms in total. The van der Waals surface area contributed by atoms with Gasteiger partial charge in [-0.1, -0.05) is 0 Å². The highest BCUT2D eigenvalue weighted by molar-refractivity contribution is 6.29. The van der Waals surface area contributed by atoms with Crippen LogP contribution in [-0.4, -0.2) is 31.0 Å². The average molecular weight is 346 g/mol. The third-order valence-electron chi connectivity index (χ3n) is 3.41. The number of anilines is 1. The van der Waals surface area contributed by atoms with E-state index >= 15 is 0 Å². The topological polar surface area (TPSA) is 75.5 Å². The molecular formula is C17H16ClN3O3. The minimum atomic E-state index is -0.287. The van der Waals surface area contributed by atoms with Gasteiger partial charge in [0.1, 0.15) is 29.1 Å². The molecule has 7 heteroatoms. The maximum absolute atomic E-state index is 12.3. The summed E-state index contributed by atoms with van der Waals surface area (Å²) in [5, 5.41) is 8.99. The SMILES string of the molecule is COc1ccc(CN(C(=O)CCl)c2ccnc(C#N)c2)c(OC)c1. The lowest BCUT2D eigenvalue weighted by atomic mass is 10.1. The van der Waals surface area contributed by atoms with Crippen molar-refractivity contribution in [2.75, 3.05) is 25.0 Å². The number of halogens is 1. The maximum atomic E-state index is 12.3. The Morgan fingerprint density at radius 1 is 1.29 bits per heavy atom. The summed E-state index contributed by atoms with van der Waals surface area (Å²) in [6, 6.07) is 10.5. The molecule has 0 radical (unpaired) electrons. The van der Waals surface area contributed by atoms with Crippen LogP contribution in [0.2, 0.25) is 0 Å². The van der Waals surface area contributed by atoms with Crippen LogP contribution in [0.25, 0.3) is 0 Å². The molecule has 0 bridgehead atoms. The van der Waals surface area contributed by atoms with E-state index in [1.165, 1.54) is 11.1 Å². The van der Waals surface area contributed by atoms with E-state index in [1.807, 2.05) is 12.1 Å². The van der Waals surface area contributed by atoms with Gasteiger partial charge in [0.25, 0.3) is 0 Å². The number of hydrogen-bond acceptors (Lipinski definition) is 5. The van der Waals surface area contributed by atoms with Crippen LogP contribution in [0, 0.1) is 11.3 Å². The molecule has 0 saturated heterocycles. The first-order valence-electron chi connectivity index (χ1n) is 7.06. The van der Waals surface area contributed by atoms with Crippen molar-refractivity contribution in [3.05, 3.63) is 47.8 Å². The third-order valence-corrected chi connectivity index (χ3v) is 3.64. The van der Waals surface area contributed by atoms with Crippen LogP contribution < -0.4 is 14.4 Å². The van der Waals surface area contributed by atoms with Crippen molar-refractivity contribution in [2.24, 2.45) is 0 Å². The first-order chi connectivity index (χ1) is 11.6. The lowest BCUT2D eigenvalue weighted by Gasteiger charge is -2.23. The van der Waals surface area contributed by atoms with E-state index < -0.39 is 0 Å². The number of methoxy groups -OCH3 is 2. The van der Waals surface area contributed by atoms with Gasteiger partial charge < -0.3 is 14.4 Å². The molecule has 0 aliphatic heterocycles. The Kier molecular flexibility index (Phi) is 5.99. The molecule has 1 aromatic carbocycles. The molecule has 2 rings (SSSR count). The van der Waals surface area contributed by atoms with Gasteiger partial charge in [0, 0.05) is 23.5 Å². The molecule has 1 aromatic heterocycles. The Labute approximate surface area is 145 Å². The molecule has 0 fully saturated rings. The molecule has 0 aliphatic carbocycles. The lowest BCUT2D eigenvalue weighted by molar-refractivity contribution is -0.116. The minimum Gasteiger partial charge on any atom is -0.497 e. The lowest BCUT2D eigenvalue weighted by Crippen LogP contribution is -2.31. The van der Waals surface area contributed by atoms with E-state index in [-0.39, 0.29) is 24.0 Å². The van der Waals surface area contributed by atoms with E-state index in [4.69, 9.17) is 26.3 Å². The molecule has 2 aromatic rings. The number of nitriles is 1. The van der Waals surface area contributed by atoms with Crippen LogP contribution >= 0.6 is 11.6 Å². The second-order valence-corrected chi connectivity index (χ2v) is 5.07. The number of alkyl halides is 1. The summed E-state index contributed by atoms with van der Waals surface area (Å²) < 4.78 is 10.5. The minimum absolute atomic E-state index is 0.178. The second kappa shape index (κ2) is 8.18. The zero-order valence-electron chi connectivity index (χ0n) is 13.3. The van der Waals surface area contributed by atoms with Crippen LogP contribution in [0.15, 0.2) is 36.5 Å². The number of amides is 1. The monoisotopic (exact) mass is 345 g/mol. The van der Waals surface area contributed by atoms with Gasteiger partial charge in [-0.25, -0.2) is 4.98 Å². The van der Waals surface area contributed by atoms with E-state index in [0.29, 0.717) is 17.2 Å².